The van der Waals surface area contributed by atoms with Crippen LogP contribution in [0.5, 0.6) is 0 Å². The Labute approximate surface area is 129 Å². The monoisotopic (exact) mass is 306 g/mol. The van der Waals surface area contributed by atoms with Crippen LogP contribution >= 0.6 is 11.6 Å². The van der Waals surface area contributed by atoms with Gasteiger partial charge in [-0.25, -0.2) is 4.98 Å². The van der Waals surface area contributed by atoms with E-state index in [4.69, 9.17) is 22.7 Å². The minimum absolute atomic E-state index is 0.123. The van der Waals surface area contributed by atoms with Crippen LogP contribution in [-0.2, 0) is 0 Å². The smallest absolute Gasteiger partial charge is 0.254 e. The number of aromatic nitrogens is 1. The number of pyridine rings is 1. The predicted octanol–water partition coefficient (Wildman–Crippen LogP) is 2.39. The van der Waals surface area contributed by atoms with Crippen LogP contribution in [0, 0.1) is 17.7 Å². The Morgan fingerprint density at radius 3 is 2.76 bits per heavy atom. The van der Waals surface area contributed by atoms with E-state index in [-0.39, 0.29) is 11.3 Å². The van der Waals surface area contributed by atoms with Crippen LogP contribution in [0.4, 0.5) is 0 Å². The lowest BCUT2D eigenvalue weighted by Crippen LogP contribution is -2.47. The minimum atomic E-state index is -0.355. The molecule has 0 atom stereocenters. The molecule has 0 aromatic carbocycles. The van der Waals surface area contributed by atoms with Crippen LogP contribution in [-0.4, -0.2) is 35.1 Å². The fraction of sp³-hybridized carbons (Fsp3) is 0.400. The molecule has 0 bridgehead atoms. The Balaban J connectivity index is 2.35. The molecule has 0 radical (unpaired) electrons. The molecule has 1 aromatic rings. The van der Waals surface area contributed by atoms with Gasteiger partial charge in [-0.3, -0.25) is 4.79 Å². The summed E-state index contributed by atoms with van der Waals surface area (Å²) >= 11 is 5.92. The van der Waals surface area contributed by atoms with E-state index in [9.17, 15) is 4.79 Å². The van der Waals surface area contributed by atoms with Gasteiger partial charge in [0.2, 0.25) is 0 Å². The molecule has 0 fully saturated rings. The van der Waals surface area contributed by atoms with Crippen LogP contribution in [0.2, 0.25) is 5.15 Å². The van der Waals surface area contributed by atoms with Crippen LogP contribution in [0.3, 0.4) is 0 Å². The van der Waals surface area contributed by atoms with Crippen molar-refractivity contribution >= 4 is 23.7 Å². The molecule has 1 amide bonds. The topological polar surface area (TPSA) is 83.1 Å². The minimum Gasteiger partial charge on any atom is -0.401 e. The number of rotatable bonds is 2. The maximum Gasteiger partial charge on any atom is 0.254 e. The number of amides is 1. The average Bonchev–Trinajstić information content (AvgIpc) is 2.39. The average molecular weight is 307 g/mol. The fourth-order valence-corrected chi connectivity index (χ4v) is 2.80. The first kappa shape index (κ1) is 15.5. The van der Waals surface area contributed by atoms with Crippen molar-refractivity contribution in [3.05, 3.63) is 39.8 Å². The van der Waals surface area contributed by atoms with E-state index < -0.39 is 0 Å². The molecule has 0 spiro atoms. The predicted molar refractivity (Wildman–Crippen MR) is 83.7 cm³/mol. The third-order valence-electron chi connectivity index (χ3n) is 3.65. The highest BCUT2D eigenvalue weighted by Gasteiger charge is 2.34. The number of carbonyl (C=O) groups excluding carboxylic acids is 1. The molecule has 3 N–H and O–H groups in total. The lowest BCUT2D eigenvalue weighted by atomic mass is 9.83. The third-order valence-corrected chi connectivity index (χ3v) is 3.85. The zero-order valence-electron chi connectivity index (χ0n) is 12.4. The summed E-state index contributed by atoms with van der Waals surface area (Å²) in [6, 6.07) is 3.28. The van der Waals surface area contributed by atoms with Gasteiger partial charge in [0.05, 0.1) is 0 Å². The van der Waals surface area contributed by atoms with E-state index >= 15 is 0 Å². The van der Waals surface area contributed by atoms with Gasteiger partial charge in [-0.15, -0.1) is 0 Å². The highest BCUT2D eigenvalue weighted by Crippen LogP contribution is 2.31. The number of nitrogens with one attached hydrogen (secondary N) is 1. The lowest BCUT2D eigenvalue weighted by Gasteiger charge is -2.39. The molecule has 6 heteroatoms. The zero-order chi connectivity index (χ0) is 15.8. The summed E-state index contributed by atoms with van der Waals surface area (Å²) in [5.41, 5.74) is 8.28. The zero-order valence-corrected chi connectivity index (χ0v) is 13.2. The van der Waals surface area contributed by atoms with Crippen molar-refractivity contribution in [2.45, 2.75) is 20.8 Å². The number of carbonyl (C=O) groups is 1. The third kappa shape index (κ3) is 3.08. The molecular weight excluding hydrogens is 288 g/mol. The number of halogens is 1. The van der Waals surface area contributed by atoms with E-state index in [0.29, 0.717) is 40.8 Å². The van der Waals surface area contributed by atoms with Gasteiger partial charge in [0.1, 0.15) is 5.15 Å². The molecule has 2 rings (SSSR count). The summed E-state index contributed by atoms with van der Waals surface area (Å²) in [5.74, 6) is -0.123. The Morgan fingerprint density at radius 1 is 1.52 bits per heavy atom. The maximum atomic E-state index is 12.7. The molecule has 112 valence electrons. The second-order valence-electron chi connectivity index (χ2n) is 5.95. The first-order valence-electron chi connectivity index (χ1n) is 6.67. The number of hydrogen-bond acceptors (Lipinski definition) is 4. The number of hydrogen-bond donors (Lipinski definition) is 2. The van der Waals surface area contributed by atoms with E-state index in [2.05, 4.69) is 4.98 Å². The summed E-state index contributed by atoms with van der Waals surface area (Å²) in [5, 5.41) is 7.78. The summed E-state index contributed by atoms with van der Waals surface area (Å²) in [4.78, 5) is 18.4. The second-order valence-corrected chi connectivity index (χ2v) is 6.34. The molecular formula is C15H19ClN4O. The molecule has 1 aromatic heterocycles. The molecule has 21 heavy (non-hydrogen) atoms. The van der Waals surface area contributed by atoms with Crippen molar-refractivity contribution in [2.24, 2.45) is 11.1 Å². The normalized spacial score (nSPS) is 17.8. The number of nitrogens with two attached hydrogens (primary N) is 1. The highest BCUT2D eigenvalue weighted by atomic mass is 35.5. The summed E-state index contributed by atoms with van der Waals surface area (Å²) in [6.45, 7) is 6.58. The Kier molecular flexibility index (Phi) is 4.05. The Morgan fingerprint density at radius 2 is 2.19 bits per heavy atom. The molecule has 0 aliphatic carbocycles. The molecule has 0 saturated heterocycles. The van der Waals surface area contributed by atoms with Gasteiger partial charge in [-0.2, -0.15) is 0 Å². The Bertz CT molecular complexity index is 616. The standard InChI is InChI=1S/C15H19ClN4O/c1-9-4-10(5-12(16)19-9)14(21)20-7-11(6-17)13(18)15(2,3)8-20/h4-6,17H,7-8,18H2,1-3H3. The first-order valence-corrected chi connectivity index (χ1v) is 7.05. The van der Waals surface area contributed by atoms with Gasteiger partial charge < -0.3 is 16.0 Å². The summed E-state index contributed by atoms with van der Waals surface area (Å²) in [6.07, 6.45) is 1.22. The quantitative estimate of drug-likeness (QED) is 0.650. The summed E-state index contributed by atoms with van der Waals surface area (Å²) in [7, 11) is 0. The van der Waals surface area contributed by atoms with E-state index in [0.717, 1.165) is 0 Å². The molecule has 5 nitrogen and oxygen atoms in total. The number of aryl methyl sites for hydroxylation is 1. The molecule has 0 unspecified atom stereocenters. The van der Waals surface area contributed by atoms with Gasteiger partial charge in [0, 0.05) is 47.2 Å². The van der Waals surface area contributed by atoms with Crippen molar-refractivity contribution in [3.63, 3.8) is 0 Å². The van der Waals surface area contributed by atoms with Crippen molar-refractivity contribution in [1.82, 2.24) is 9.88 Å². The molecule has 1 aliphatic heterocycles. The van der Waals surface area contributed by atoms with Crippen molar-refractivity contribution in [1.29, 1.82) is 5.41 Å². The Hall–Kier alpha value is -1.88. The van der Waals surface area contributed by atoms with Gasteiger partial charge in [0.15, 0.2) is 0 Å². The van der Waals surface area contributed by atoms with Crippen molar-refractivity contribution in [2.75, 3.05) is 13.1 Å². The SMILES string of the molecule is Cc1cc(C(=O)N2CC(C=N)=C(N)C(C)(C)C2)cc(Cl)n1. The number of nitrogens with zero attached hydrogens (tertiary/aromatic N) is 2. The van der Waals surface area contributed by atoms with Crippen molar-refractivity contribution < 1.29 is 4.79 Å². The van der Waals surface area contributed by atoms with Gasteiger partial charge in [0.25, 0.3) is 5.91 Å². The molecule has 1 aliphatic rings. The van der Waals surface area contributed by atoms with Gasteiger partial charge >= 0.3 is 0 Å². The fourth-order valence-electron chi connectivity index (χ4n) is 2.54. The van der Waals surface area contributed by atoms with Crippen LogP contribution in [0.15, 0.2) is 23.4 Å². The van der Waals surface area contributed by atoms with Gasteiger partial charge in [-0.05, 0) is 19.1 Å². The summed E-state index contributed by atoms with van der Waals surface area (Å²) < 4.78 is 0. The lowest BCUT2D eigenvalue weighted by molar-refractivity contribution is 0.0705. The van der Waals surface area contributed by atoms with Crippen LogP contribution < -0.4 is 5.73 Å². The largest absolute Gasteiger partial charge is 0.401 e. The molecule has 0 saturated carbocycles. The highest BCUT2D eigenvalue weighted by molar-refractivity contribution is 6.29. The second kappa shape index (κ2) is 5.48. The van der Waals surface area contributed by atoms with E-state index in [1.165, 1.54) is 6.21 Å². The maximum absolute atomic E-state index is 12.7. The first-order chi connectivity index (χ1) is 9.74. The van der Waals surface area contributed by atoms with E-state index in [1.54, 1.807) is 24.0 Å². The molecule has 2 heterocycles. The van der Waals surface area contributed by atoms with Gasteiger partial charge in [-0.1, -0.05) is 25.4 Å². The van der Waals surface area contributed by atoms with Crippen LogP contribution in [0.1, 0.15) is 29.9 Å². The van der Waals surface area contributed by atoms with Crippen molar-refractivity contribution in [3.8, 4) is 0 Å². The van der Waals surface area contributed by atoms with Crippen LogP contribution in [0.25, 0.3) is 0 Å². The van der Waals surface area contributed by atoms with E-state index in [1.807, 2.05) is 13.8 Å².